The molecule has 0 radical (unpaired) electrons. The number of benzene rings is 1. The zero-order valence-corrected chi connectivity index (χ0v) is 20.3. The van der Waals surface area contributed by atoms with E-state index in [1.165, 1.54) is 22.7 Å². The minimum atomic E-state index is -0.472. The van der Waals surface area contributed by atoms with Crippen LogP contribution in [-0.4, -0.2) is 18.5 Å². The first kappa shape index (κ1) is 21.5. The van der Waals surface area contributed by atoms with Crippen LogP contribution in [0.15, 0.2) is 38.6 Å². The molecular formula is C19H14Br2ClNO3S2. The molecule has 1 aromatic carbocycles. The third kappa shape index (κ3) is 4.52. The number of carbonyl (C=O) groups excluding carboxylic acids is 2. The molecule has 3 rings (SSSR count). The van der Waals surface area contributed by atoms with Crippen molar-refractivity contribution in [3.63, 3.8) is 0 Å². The van der Waals surface area contributed by atoms with E-state index in [9.17, 15) is 9.59 Å². The Labute approximate surface area is 192 Å². The largest absolute Gasteiger partial charge is 0.462 e. The number of hydrogen-bond donors (Lipinski definition) is 1. The van der Waals surface area contributed by atoms with Crippen LogP contribution in [0, 0.1) is 6.92 Å². The lowest BCUT2D eigenvalue weighted by Gasteiger charge is -2.09. The average molecular weight is 564 g/mol. The Bertz CT molecular complexity index is 1020. The normalized spacial score (nSPS) is 10.8. The van der Waals surface area contributed by atoms with Gasteiger partial charge in [-0.3, -0.25) is 4.79 Å². The standard InChI is InChI=1S/C19H14Br2ClNO3S2/c1-3-26-19(25)15-14(10-4-6-11(22)7-5-10)9(2)27-18(15)23-17(24)13-8-12(20)16(21)28-13/h4-8H,3H2,1-2H3,(H,23,24). The second-order valence-electron chi connectivity index (χ2n) is 5.65. The van der Waals surface area contributed by atoms with E-state index in [1.54, 1.807) is 25.1 Å². The SMILES string of the molecule is CCOC(=O)c1c(NC(=O)c2cc(Br)c(Br)s2)sc(C)c1-c1ccc(Cl)cc1. The quantitative estimate of drug-likeness (QED) is 0.329. The number of ether oxygens (including phenoxy) is 1. The van der Waals surface area contributed by atoms with Crippen LogP contribution in [0.2, 0.25) is 5.02 Å². The van der Waals surface area contributed by atoms with Gasteiger partial charge in [0.15, 0.2) is 0 Å². The number of amides is 1. The Morgan fingerprint density at radius 3 is 2.43 bits per heavy atom. The van der Waals surface area contributed by atoms with Crippen molar-refractivity contribution in [1.29, 1.82) is 0 Å². The Morgan fingerprint density at radius 1 is 1.18 bits per heavy atom. The van der Waals surface area contributed by atoms with Crippen LogP contribution in [0.5, 0.6) is 0 Å². The zero-order valence-electron chi connectivity index (χ0n) is 14.8. The van der Waals surface area contributed by atoms with Gasteiger partial charge in [0.2, 0.25) is 0 Å². The number of thiophene rings is 2. The Hall–Kier alpha value is -1.19. The van der Waals surface area contributed by atoms with Gasteiger partial charge in [-0.05, 0) is 69.5 Å². The number of halogens is 3. The van der Waals surface area contributed by atoms with Crippen LogP contribution in [-0.2, 0) is 4.74 Å². The number of anilines is 1. The molecule has 0 unspecified atom stereocenters. The summed E-state index contributed by atoms with van der Waals surface area (Å²) in [6.45, 7) is 3.90. The van der Waals surface area contributed by atoms with Crippen LogP contribution in [0.4, 0.5) is 5.00 Å². The van der Waals surface area contributed by atoms with Crippen LogP contribution >= 0.6 is 66.1 Å². The predicted octanol–water partition coefficient (Wildman–Crippen LogP) is 7.39. The highest BCUT2D eigenvalue weighted by molar-refractivity contribution is 9.13. The van der Waals surface area contributed by atoms with E-state index in [1.807, 2.05) is 19.1 Å². The Morgan fingerprint density at radius 2 is 1.86 bits per heavy atom. The molecule has 2 heterocycles. The molecule has 0 saturated heterocycles. The van der Waals surface area contributed by atoms with E-state index in [2.05, 4.69) is 37.2 Å². The van der Waals surface area contributed by atoms with Crippen LogP contribution in [0.3, 0.4) is 0 Å². The molecule has 2 aromatic heterocycles. The summed E-state index contributed by atoms with van der Waals surface area (Å²) in [5.41, 5.74) is 1.93. The van der Waals surface area contributed by atoms with Crippen molar-refractivity contribution in [3.8, 4) is 11.1 Å². The maximum atomic E-state index is 12.7. The maximum Gasteiger partial charge on any atom is 0.341 e. The molecule has 0 saturated carbocycles. The Kier molecular flexibility index (Phi) is 6.98. The van der Waals surface area contributed by atoms with Crippen molar-refractivity contribution >= 4 is 83.0 Å². The van der Waals surface area contributed by atoms with Gasteiger partial charge in [-0.15, -0.1) is 22.7 Å². The molecule has 0 bridgehead atoms. The summed E-state index contributed by atoms with van der Waals surface area (Å²) in [4.78, 5) is 26.8. The lowest BCUT2D eigenvalue weighted by Crippen LogP contribution is -2.13. The fourth-order valence-corrected chi connectivity index (χ4v) is 5.73. The molecule has 4 nitrogen and oxygen atoms in total. The van der Waals surface area contributed by atoms with Gasteiger partial charge in [0.25, 0.3) is 5.91 Å². The van der Waals surface area contributed by atoms with Gasteiger partial charge in [0.1, 0.15) is 10.6 Å². The van der Waals surface area contributed by atoms with Crippen molar-refractivity contribution in [2.24, 2.45) is 0 Å². The highest BCUT2D eigenvalue weighted by atomic mass is 79.9. The smallest absolute Gasteiger partial charge is 0.341 e. The molecule has 0 aliphatic heterocycles. The third-order valence-electron chi connectivity index (χ3n) is 3.79. The summed E-state index contributed by atoms with van der Waals surface area (Å²) in [5, 5.41) is 3.94. The van der Waals surface area contributed by atoms with Crippen LogP contribution in [0.1, 0.15) is 31.8 Å². The van der Waals surface area contributed by atoms with Crippen LogP contribution in [0.25, 0.3) is 11.1 Å². The van der Waals surface area contributed by atoms with Gasteiger partial charge in [0.05, 0.1) is 15.3 Å². The third-order valence-corrected chi connectivity index (χ3v) is 8.32. The highest BCUT2D eigenvalue weighted by Crippen LogP contribution is 2.41. The average Bonchev–Trinajstić information content (AvgIpc) is 3.15. The van der Waals surface area contributed by atoms with Crippen molar-refractivity contribution in [3.05, 3.63) is 58.9 Å². The first-order valence-corrected chi connectivity index (χ1v) is 11.7. The van der Waals surface area contributed by atoms with Gasteiger partial charge < -0.3 is 10.1 Å². The molecule has 0 aliphatic rings. The molecule has 9 heteroatoms. The Balaban J connectivity index is 2.05. The first-order chi connectivity index (χ1) is 13.3. The maximum absolute atomic E-state index is 12.7. The van der Waals surface area contributed by atoms with Crippen molar-refractivity contribution in [2.75, 3.05) is 11.9 Å². The van der Waals surface area contributed by atoms with Crippen LogP contribution < -0.4 is 5.32 Å². The fraction of sp³-hybridized carbons (Fsp3) is 0.158. The molecule has 1 N–H and O–H groups in total. The second kappa shape index (κ2) is 9.09. The summed E-state index contributed by atoms with van der Waals surface area (Å²) in [5.74, 6) is -0.758. The van der Waals surface area contributed by atoms with E-state index in [0.717, 1.165) is 24.3 Å². The van der Waals surface area contributed by atoms with Crippen molar-refractivity contribution in [2.45, 2.75) is 13.8 Å². The molecule has 1 amide bonds. The lowest BCUT2D eigenvalue weighted by atomic mass is 10.0. The van der Waals surface area contributed by atoms with E-state index in [-0.39, 0.29) is 12.5 Å². The minimum absolute atomic E-state index is 0.242. The first-order valence-electron chi connectivity index (χ1n) is 8.14. The summed E-state index contributed by atoms with van der Waals surface area (Å²) < 4.78 is 6.89. The molecule has 0 aliphatic carbocycles. The minimum Gasteiger partial charge on any atom is -0.462 e. The molecule has 146 valence electrons. The van der Waals surface area contributed by atoms with Gasteiger partial charge in [0, 0.05) is 19.9 Å². The number of esters is 1. The van der Waals surface area contributed by atoms with Gasteiger partial charge in [-0.25, -0.2) is 4.79 Å². The molecular weight excluding hydrogens is 550 g/mol. The highest BCUT2D eigenvalue weighted by Gasteiger charge is 2.26. The van der Waals surface area contributed by atoms with E-state index < -0.39 is 5.97 Å². The summed E-state index contributed by atoms with van der Waals surface area (Å²) in [7, 11) is 0. The van der Waals surface area contributed by atoms with Crippen molar-refractivity contribution in [1.82, 2.24) is 0 Å². The van der Waals surface area contributed by atoms with Gasteiger partial charge in [-0.2, -0.15) is 0 Å². The molecule has 0 atom stereocenters. The topological polar surface area (TPSA) is 55.4 Å². The van der Waals surface area contributed by atoms with E-state index in [4.69, 9.17) is 16.3 Å². The second-order valence-corrected chi connectivity index (χ2v) is 10.5. The summed E-state index contributed by atoms with van der Waals surface area (Å²) in [6.07, 6.45) is 0. The molecule has 0 spiro atoms. The summed E-state index contributed by atoms with van der Waals surface area (Å²) in [6, 6.07) is 8.96. The van der Waals surface area contributed by atoms with Crippen molar-refractivity contribution < 1.29 is 14.3 Å². The number of aryl methyl sites for hydroxylation is 1. The molecule has 28 heavy (non-hydrogen) atoms. The molecule has 0 fully saturated rings. The monoisotopic (exact) mass is 561 g/mol. The van der Waals surface area contributed by atoms with E-state index >= 15 is 0 Å². The van der Waals surface area contributed by atoms with E-state index in [0.29, 0.717) is 20.5 Å². The van der Waals surface area contributed by atoms with Gasteiger partial charge >= 0.3 is 5.97 Å². The number of hydrogen-bond acceptors (Lipinski definition) is 5. The molecule has 3 aromatic rings. The zero-order chi connectivity index (χ0) is 20.4. The number of nitrogens with one attached hydrogen (secondary N) is 1. The van der Waals surface area contributed by atoms with Gasteiger partial charge in [-0.1, -0.05) is 23.7 Å². The number of rotatable bonds is 5. The fourth-order valence-electron chi connectivity index (χ4n) is 2.62. The summed E-state index contributed by atoms with van der Waals surface area (Å²) >= 11 is 15.4. The predicted molar refractivity (Wildman–Crippen MR) is 123 cm³/mol. The lowest BCUT2D eigenvalue weighted by molar-refractivity contribution is 0.0529. The number of carbonyl (C=O) groups is 2.